The lowest BCUT2D eigenvalue weighted by Gasteiger charge is -2.21. The summed E-state index contributed by atoms with van der Waals surface area (Å²) < 4.78 is 7.69. The Morgan fingerprint density at radius 2 is 2.12 bits per heavy atom. The van der Waals surface area contributed by atoms with Crippen LogP contribution in [0.1, 0.15) is 68.1 Å². The Kier molecular flexibility index (Phi) is 3.47. The Morgan fingerprint density at radius 1 is 1.32 bits per heavy atom. The van der Waals surface area contributed by atoms with Crippen molar-refractivity contribution >= 4 is 5.91 Å². The van der Waals surface area contributed by atoms with Gasteiger partial charge in [0.25, 0.3) is 0 Å². The molecule has 0 N–H and O–H groups in total. The van der Waals surface area contributed by atoms with Gasteiger partial charge in [-0.3, -0.25) is 4.79 Å². The molecule has 0 saturated heterocycles. The molecule has 5 rings (SSSR count). The van der Waals surface area contributed by atoms with E-state index in [1.54, 1.807) is 4.68 Å². The summed E-state index contributed by atoms with van der Waals surface area (Å²) in [5, 5.41) is 8.32. The van der Waals surface area contributed by atoms with Crippen LogP contribution in [0.3, 0.4) is 0 Å². The number of hydrogen-bond donors (Lipinski definition) is 0. The molecule has 2 aromatic rings. The van der Waals surface area contributed by atoms with Crippen LogP contribution in [0.25, 0.3) is 0 Å². The molecule has 6 nitrogen and oxygen atoms in total. The molecule has 0 radical (unpaired) electrons. The quantitative estimate of drug-likeness (QED) is 0.777. The van der Waals surface area contributed by atoms with E-state index >= 15 is 0 Å². The van der Waals surface area contributed by atoms with Crippen molar-refractivity contribution in [3.05, 3.63) is 35.5 Å². The minimum absolute atomic E-state index is 0.104. The number of amides is 1. The lowest BCUT2D eigenvalue weighted by molar-refractivity contribution is -0.133. The van der Waals surface area contributed by atoms with Gasteiger partial charge >= 0.3 is 0 Å². The predicted octanol–water partition coefficient (Wildman–Crippen LogP) is 3.06. The first-order valence-corrected chi connectivity index (χ1v) is 9.45. The van der Waals surface area contributed by atoms with Crippen molar-refractivity contribution in [3.63, 3.8) is 0 Å². The molecule has 3 saturated carbocycles. The second-order valence-electron chi connectivity index (χ2n) is 7.99. The van der Waals surface area contributed by atoms with Crippen LogP contribution in [-0.4, -0.2) is 31.8 Å². The molecule has 25 heavy (non-hydrogen) atoms. The molecule has 2 aromatic heterocycles. The highest BCUT2D eigenvalue weighted by atomic mass is 16.3. The Balaban J connectivity index is 1.25. The van der Waals surface area contributed by atoms with E-state index in [0.29, 0.717) is 24.4 Å². The summed E-state index contributed by atoms with van der Waals surface area (Å²) in [4.78, 5) is 14.7. The Bertz CT molecular complexity index is 787. The second-order valence-corrected chi connectivity index (χ2v) is 7.99. The van der Waals surface area contributed by atoms with Gasteiger partial charge in [-0.1, -0.05) is 12.1 Å². The maximum Gasteiger partial charge on any atom is 0.245 e. The van der Waals surface area contributed by atoms with Crippen LogP contribution in [0.2, 0.25) is 0 Å². The van der Waals surface area contributed by atoms with Gasteiger partial charge in [-0.15, -0.1) is 5.10 Å². The van der Waals surface area contributed by atoms with Gasteiger partial charge in [0.1, 0.15) is 18.1 Å². The van der Waals surface area contributed by atoms with Crippen molar-refractivity contribution in [3.8, 4) is 0 Å². The lowest BCUT2D eigenvalue weighted by atomic mass is 10.3. The zero-order chi connectivity index (χ0) is 17.0. The highest BCUT2D eigenvalue weighted by molar-refractivity contribution is 5.76. The van der Waals surface area contributed by atoms with Crippen LogP contribution in [0, 0.1) is 5.92 Å². The Labute approximate surface area is 147 Å². The van der Waals surface area contributed by atoms with Gasteiger partial charge in [-0.2, -0.15) is 0 Å². The maximum absolute atomic E-state index is 12.8. The van der Waals surface area contributed by atoms with Gasteiger partial charge in [0.2, 0.25) is 5.91 Å². The van der Waals surface area contributed by atoms with Crippen LogP contribution in [-0.2, 0) is 17.9 Å². The molecule has 3 aliphatic carbocycles. The van der Waals surface area contributed by atoms with E-state index < -0.39 is 0 Å². The molecule has 0 unspecified atom stereocenters. The van der Waals surface area contributed by atoms with Crippen molar-refractivity contribution in [2.75, 3.05) is 0 Å². The standard InChI is InChI=1S/C19H24N4O2/c1-12-8-16(12)18-7-6-15(25-18)9-23(14-4-5-14)19(24)11-22-10-17(20-21-22)13-2-3-13/h6-7,10,12-14,16H,2-5,8-9,11H2,1H3/t12-,16+/m1/s1. The largest absolute Gasteiger partial charge is 0.464 e. The van der Waals surface area contributed by atoms with E-state index in [9.17, 15) is 4.79 Å². The zero-order valence-electron chi connectivity index (χ0n) is 14.6. The summed E-state index contributed by atoms with van der Waals surface area (Å²) in [7, 11) is 0. The number of rotatable bonds is 7. The van der Waals surface area contributed by atoms with Gasteiger partial charge < -0.3 is 9.32 Å². The smallest absolute Gasteiger partial charge is 0.245 e. The van der Waals surface area contributed by atoms with Gasteiger partial charge in [-0.25, -0.2) is 4.68 Å². The summed E-state index contributed by atoms with van der Waals surface area (Å²) in [6.45, 7) is 3.08. The van der Waals surface area contributed by atoms with E-state index in [2.05, 4.69) is 23.3 Å². The van der Waals surface area contributed by atoms with E-state index in [0.717, 1.165) is 36.0 Å². The molecule has 132 valence electrons. The summed E-state index contributed by atoms with van der Waals surface area (Å²) in [5.74, 6) is 3.95. The summed E-state index contributed by atoms with van der Waals surface area (Å²) in [6, 6.07) is 4.47. The van der Waals surface area contributed by atoms with Gasteiger partial charge in [0, 0.05) is 24.1 Å². The molecular weight excluding hydrogens is 316 g/mol. The first kappa shape index (κ1) is 15.2. The number of carbonyl (C=O) groups is 1. The Hall–Kier alpha value is -2.11. The van der Waals surface area contributed by atoms with Gasteiger partial charge in [-0.05, 0) is 50.2 Å². The van der Waals surface area contributed by atoms with Crippen molar-refractivity contribution in [1.82, 2.24) is 19.9 Å². The van der Waals surface area contributed by atoms with Crippen LogP contribution >= 0.6 is 0 Å². The summed E-state index contributed by atoms with van der Waals surface area (Å²) in [6.07, 6.45) is 7.71. The molecule has 0 spiro atoms. The van der Waals surface area contributed by atoms with Crippen molar-refractivity contribution in [2.24, 2.45) is 5.92 Å². The van der Waals surface area contributed by atoms with Gasteiger partial charge in [0.05, 0.1) is 12.2 Å². The minimum Gasteiger partial charge on any atom is -0.464 e. The molecule has 0 bridgehead atoms. The number of nitrogens with zero attached hydrogens (tertiary/aromatic N) is 4. The third kappa shape index (κ3) is 3.22. The highest BCUT2D eigenvalue weighted by Crippen LogP contribution is 2.47. The number of furan rings is 1. The molecule has 0 aromatic carbocycles. The maximum atomic E-state index is 12.8. The third-order valence-electron chi connectivity index (χ3n) is 5.64. The number of aromatic nitrogens is 3. The van der Waals surface area contributed by atoms with Crippen LogP contribution < -0.4 is 0 Å². The van der Waals surface area contributed by atoms with Crippen molar-refractivity contribution in [2.45, 2.75) is 70.0 Å². The first-order chi connectivity index (χ1) is 12.2. The topological polar surface area (TPSA) is 64.2 Å². The molecule has 2 heterocycles. The fraction of sp³-hybridized carbons (Fsp3) is 0.632. The molecular formula is C19H24N4O2. The molecule has 0 aliphatic heterocycles. The molecule has 6 heteroatoms. The molecule has 2 atom stereocenters. The average molecular weight is 340 g/mol. The van der Waals surface area contributed by atoms with E-state index in [-0.39, 0.29) is 12.5 Å². The van der Waals surface area contributed by atoms with E-state index in [1.165, 1.54) is 19.3 Å². The number of carbonyl (C=O) groups excluding carboxylic acids is 1. The van der Waals surface area contributed by atoms with Crippen molar-refractivity contribution in [1.29, 1.82) is 0 Å². The van der Waals surface area contributed by atoms with E-state index in [4.69, 9.17) is 4.42 Å². The van der Waals surface area contributed by atoms with Crippen molar-refractivity contribution < 1.29 is 9.21 Å². The fourth-order valence-corrected chi connectivity index (χ4v) is 3.56. The Morgan fingerprint density at radius 3 is 2.80 bits per heavy atom. The number of hydrogen-bond acceptors (Lipinski definition) is 4. The molecule has 3 aliphatic rings. The lowest BCUT2D eigenvalue weighted by Crippen LogP contribution is -2.35. The SMILES string of the molecule is C[C@@H]1C[C@@H]1c1ccc(CN(C(=O)Cn2cc(C3CC3)nn2)C2CC2)o1. The third-order valence-corrected chi connectivity index (χ3v) is 5.64. The van der Waals surface area contributed by atoms with E-state index in [1.807, 2.05) is 17.2 Å². The zero-order valence-corrected chi connectivity index (χ0v) is 14.6. The molecule has 1 amide bonds. The van der Waals surface area contributed by atoms with Gasteiger partial charge in [0.15, 0.2) is 0 Å². The normalized spacial score (nSPS) is 25.2. The minimum atomic E-state index is 0.104. The average Bonchev–Trinajstić information content (AvgIpc) is 3.53. The van der Waals surface area contributed by atoms with Crippen LogP contribution in [0.15, 0.2) is 22.7 Å². The summed E-state index contributed by atoms with van der Waals surface area (Å²) in [5.41, 5.74) is 1.03. The second kappa shape index (κ2) is 5.71. The fourth-order valence-electron chi connectivity index (χ4n) is 3.56. The first-order valence-electron chi connectivity index (χ1n) is 9.45. The highest BCUT2D eigenvalue weighted by Gasteiger charge is 2.37. The monoisotopic (exact) mass is 340 g/mol. The predicted molar refractivity (Wildman–Crippen MR) is 90.8 cm³/mol. The van der Waals surface area contributed by atoms with Crippen LogP contribution in [0.5, 0.6) is 0 Å². The van der Waals surface area contributed by atoms with Crippen LogP contribution in [0.4, 0.5) is 0 Å². The summed E-state index contributed by atoms with van der Waals surface area (Å²) >= 11 is 0. The molecule has 3 fully saturated rings.